The van der Waals surface area contributed by atoms with Crippen LogP contribution in [0.1, 0.15) is 23.1 Å². The third-order valence-corrected chi connectivity index (χ3v) is 6.21. The first-order valence-electron chi connectivity index (χ1n) is 12.9. The van der Waals surface area contributed by atoms with E-state index in [1.54, 1.807) is 24.4 Å². The zero-order valence-corrected chi connectivity index (χ0v) is 24.0. The number of fused-ring (bicyclic) bond motifs is 1. The molecule has 10 nitrogen and oxygen atoms in total. The molecule has 13 heteroatoms. The Labute approximate surface area is 246 Å². The number of nitrogen functional groups attached to an aromatic ring is 1. The second kappa shape index (κ2) is 16.0. The number of pyridine rings is 2. The molecular weight excluding hydrogens is 552 g/mol. The van der Waals surface area contributed by atoms with Gasteiger partial charge in [0, 0.05) is 39.3 Å². The van der Waals surface area contributed by atoms with Gasteiger partial charge >= 0.3 is 0 Å². The Morgan fingerprint density at radius 2 is 1.83 bits per heavy atom. The van der Waals surface area contributed by atoms with Crippen LogP contribution in [0.4, 0.5) is 26.1 Å². The SMILES string of the molecule is CC(C)Nc1ccc(-c2nc(N3CCOCC3)c3nc(-c4cccc(N)c4F)ccc3n2)cn1.FCCCS.O.O.[HH].[HH]. The molecule has 0 atom stereocenters. The molecule has 0 saturated carbocycles. The van der Waals surface area contributed by atoms with Crippen molar-refractivity contribution >= 4 is 41.0 Å². The van der Waals surface area contributed by atoms with Crippen molar-refractivity contribution < 1.29 is 27.3 Å². The van der Waals surface area contributed by atoms with Crippen molar-refractivity contribution in [2.24, 2.45) is 0 Å². The molecule has 0 amide bonds. The molecule has 1 aliphatic rings. The van der Waals surface area contributed by atoms with E-state index in [2.05, 4.69) is 41.7 Å². The highest BCUT2D eigenvalue weighted by molar-refractivity contribution is 7.80. The molecule has 1 aliphatic heterocycles. The zero-order valence-electron chi connectivity index (χ0n) is 23.1. The minimum Gasteiger partial charge on any atom is -0.412 e. The normalized spacial score (nSPS) is 12.7. The number of hydrogen-bond donors (Lipinski definition) is 3. The Balaban J connectivity index is 0.00000182. The monoisotopic (exact) mass is 593 g/mol. The van der Waals surface area contributed by atoms with Crippen molar-refractivity contribution in [2.45, 2.75) is 26.3 Å². The highest BCUT2D eigenvalue weighted by Crippen LogP contribution is 2.31. The van der Waals surface area contributed by atoms with E-state index in [1.165, 1.54) is 6.07 Å². The minimum atomic E-state index is -0.485. The molecule has 7 N–H and O–H groups in total. The topological polar surface area (TPSA) is 165 Å². The summed E-state index contributed by atoms with van der Waals surface area (Å²) in [4.78, 5) is 21.0. The van der Waals surface area contributed by atoms with Gasteiger partial charge in [-0.3, -0.25) is 4.39 Å². The number of alkyl halides is 1. The summed E-state index contributed by atoms with van der Waals surface area (Å²) in [5, 5.41) is 3.28. The Kier molecular flexibility index (Phi) is 13.1. The lowest BCUT2D eigenvalue weighted by Crippen LogP contribution is -2.37. The van der Waals surface area contributed by atoms with Crippen LogP contribution in [0.3, 0.4) is 0 Å². The third kappa shape index (κ3) is 8.43. The molecule has 4 aromatic rings. The zero-order chi connectivity index (χ0) is 27.8. The van der Waals surface area contributed by atoms with Gasteiger partial charge < -0.3 is 31.6 Å². The lowest BCUT2D eigenvalue weighted by Gasteiger charge is -2.28. The Morgan fingerprint density at radius 3 is 2.44 bits per heavy atom. The standard InChI is InChI=1S/C25H26FN7O.C3H7FS.2H2O.2H2/c1-15(2)29-21-9-6-16(14-28-21)24-31-20-8-7-19(17-4-3-5-18(27)22(17)26)30-23(20)25(32-24)33-10-12-34-13-11-33;4-2-1-3-5;;;;/h3-9,14-15H,10-13,27H2,1-2H3,(H,28,29);5H,1-3H2;2*1H2;2*1H. The number of hydrogen-bond acceptors (Lipinski definition) is 9. The van der Waals surface area contributed by atoms with Gasteiger partial charge in [0.15, 0.2) is 17.5 Å². The molecule has 0 spiro atoms. The number of nitrogens with zero attached hydrogens (tertiary/aromatic N) is 5. The fourth-order valence-corrected chi connectivity index (χ4v) is 4.11. The number of benzene rings is 1. The van der Waals surface area contributed by atoms with Crippen LogP contribution in [0.5, 0.6) is 0 Å². The van der Waals surface area contributed by atoms with Crippen LogP contribution >= 0.6 is 12.6 Å². The number of anilines is 3. The fraction of sp³-hybridized carbons (Fsp3) is 0.357. The van der Waals surface area contributed by atoms with Crippen LogP contribution in [0.25, 0.3) is 33.7 Å². The van der Waals surface area contributed by atoms with E-state index in [1.807, 2.05) is 18.2 Å². The predicted molar refractivity (Wildman–Crippen MR) is 168 cm³/mol. The maximum Gasteiger partial charge on any atom is 0.163 e. The van der Waals surface area contributed by atoms with E-state index in [9.17, 15) is 8.78 Å². The average Bonchev–Trinajstić information content (AvgIpc) is 2.95. The van der Waals surface area contributed by atoms with Crippen LogP contribution in [0.15, 0.2) is 48.7 Å². The van der Waals surface area contributed by atoms with Crippen molar-refractivity contribution in [3.05, 3.63) is 54.5 Å². The van der Waals surface area contributed by atoms with Crippen LogP contribution < -0.4 is 16.0 Å². The lowest BCUT2D eigenvalue weighted by atomic mass is 10.1. The highest BCUT2D eigenvalue weighted by atomic mass is 32.1. The van der Waals surface area contributed by atoms with Gasteiger partial charge in [0.1, 0.15) is 11.3 Å². The molecule has 3 aromatic heterocycles. The first-order valence-corrected chi connectivity index (χ1v) is 13.5. The number of nitrogens with one attached hydrogen (secondary N) is 1. The summed E-state index contributed by atoms with van der Waals surface area (Å²) >= 11 is 3.76. The average molecular weight is 594 g/mol. The van der Waals surface area contributed by atoms with Crippen molar-refractivity contribution in [3.8, 4) is 22.6 Å². The Hall–Kier alpha value is -3.65. The molecule has 0 bridgehead atoms. The first-order chi connectivity index (χ1) is 18.9. The fourth-order valence-electron chi connectivity index (χ4n) is 3.99. The lowest BCUT2D eigenvalue weighted by molar-refractivity contribution is 0.122. The Morgan fingerprint density at radius 1 is 1.07 bits per heavy atom. The van der Waals surface area contributed by atoms with E-state index >= 15 is 0 Å². The van der Waals surface area contributed by atoms with Crippen molar-refractivity contribution in [2.75, 3.05) is 54.7 Å². The van der Waals surface area contributed by atoms with Gasteiger partial charge in [-0.05, 0) is 62.4 Å². The van der Waals surface area contributed by atoms with Crippen LogP contribution in [0.2, 0.25) is 0 Å². The van der Waals surface area contributed by atoms with Crippen LogP contribution in [0, 0.1) is 5.82 Å². The molecule has 0 aliphatic carbocycles. The highest BCUT2D eigenvalue weighted by Gasteiger charge is 2.20. The van der Waals surface area contributed by atoms with Crippen molar-refractivity contribution in [3.63, 3.8) is 0 Å². The summed E-state index contributed by atoms with van der Waals surface area (Å²) in [6.45, 7) is 6.45. The molecule has 0 unspecified atom stereocenters. The smallest absolute Gasteiger partial charge is 0.163 e. The predicted octanol–water partition coefficient (Wildman–Crippen LogP) is 4.25. The summed E-state index contributed by atoms with van der Waals surface area (Å²) < 4.78 is 31.2. The number of nitrogens with two attached hydrogens (primary N) is 1. The van der Waals surface area contributed by atoms with Gasteiger partial charge in [-0.2, -0.15) is 12.6 Å². The van der Waals surface area contributed by atoms with Gasteiger partial charge in [0.05, 0.1) is 36.8 Å². The molecule has 0 radical (unpaired) electrons. The molecule has 4 heterocycles. The number of aromatic nitrogens is 4. The largest absolute Gasteiger partial charge is 0.412 e. The number of morpholine rings is 1. The first kappa shape index (κ1) is 33.6. The Bertz CT molecular complexity index is 1400. The minimum absolute atomic E-state index is 0. The molecule has 226 valence electrons. The molecule has 1 aromatic carbocycles. The van der Waals surface area contributed by atoms with Gasteiger partial charge in [0.2, 0.25) is 0 Å². The van der Waals surface area contributed by atoms with E-state index in [0.29, 0.717) is 72.4 Å². The van der Waals surface area contributed by atoms with Crippen LogP contribution in [-0.2, 0) is 4.74 Å². The van der Waals surface area contributed by atoms with E-state index in [0.717, 1.165) is 11.4 Å². The van der Waals surface area contributed by atoms with Gasteiger partial charge in [-0.15, -0.1) is 0 Å². The number of rotatable bonds is 7. The maximum absolute atomic E-state index is 14.7. The number of ether oxygens (including phenoxy) is 1. The van der Waals surface area contributed by atoms with E-state index in [-0.39, 0.29) is 32.2 Å². The molecule has 5 rings (SSSR count). The van der Waals surface area contributed by atoms with Crippen molar-refractivity contribution in [1.29, 1.82) is 0 Å². The second-order valence-electron chi connectivity index (χ2n) is 9.24. The van der Waals surface area contributed by atoms with E-state index in [4.69, 9.17) is 25.4 Å². The maximum atomic E-state index is 14.7. The quantitative estimate of drug-likeness (QED) is 0.211. The molecule has 41 heavy (non-hydrogen) atoms. The number of halogens is 2. The van der Waals surface area contributed by atoms with Gasteiger partial charge in [-0.1, -0.05) is 6.07 Å². The van der Waals surface area contributed by atoms with E-state index < -0.39 is 5.82 Å². The summed E-state index contributed by atoms with van der Waals surface area (Å²) in [5.74, 6) is 2.22. The van der Waals surface area contributed by atoms with Gasteiger partial charge in [0.25, 0.3) is 0 Å². The van der Waals surface area contributed by atoms with Gasteiger partial charge in [-0.25, -0.2) is 24.3 Å². The molecule has 1 fully saturated rings. The van der Waals surface area contributed by atoms with Crippen molar-refractivity contribution in [1.82, 2.24) is 19.9 Å². The summed E-state index contributed by atoms with van der Waals surface area (Å²) in [6, 6.07) is 12.7. The van der Waals surface area contributed by atoms with Crippen LogP contribution in [-0.4, -0.2) is 75.7 Å². The molecule has 1 saturated heterocycles. The second-order valence-corrected chi connectivity index (χ2v) is 9.69. The summed E-state index contributed by atoms with van der Waals surface area (Å²) in [5.41, 5.74) is 8.77. The summed E-state index contributed by atoms with van der Waals surface area (Å²) in [6.07, 6.45) is 2.35. The molecular formula is C28H41F2N7O3S. The third-order valence-electron chi connectivity index (χ3n) is 5.89. The number of thiol groups is 1. The summed E-state index contributed by atoms with van der Waals surface area (Å²) in [7, 11) is 0.